The fourth-order valence-corrected chi connectivity index (χ4v) is 2.62. The standard InChI is InChI=1S/C18H16N2O3/c21-16(22)11-15(12-5-2-1-3-6-12)20-18(23)14-8-4-7-13-9-10-19-17(13)14/h1-10,15,19H,11H2,(H,20,23)(H,21,22). The zero-order chi connectivity index (χ0) is 16.2. The van der Waals surface area contributed by atoms with Crippen molar-refractivity contribution in [2.75, 3.05) is 0 Å². The van der Waals surface area contributed by atoms with E-state index in [0.29, 0.717) is 5.56 Å². The van der Waals surface area contributed by atoms with Crippen LogP contribution in [0.4, 0.5) is 0 Å². The molecule has 5 nitrogen and oxygen atoms in total. The summed E-state index contributed by atoms with van der Waals surface area (Å²) in [6, 6.07) is 15.9. The first-order chi connectivity index (χ1) is 11.1. The van der Waals surface area contributed by atoms with Gasteiger partial charge in [-0.1, -0.05) is 42.5 Å². The number of nitrogens with one attached hydrogen (secondary N) is 2. The average Bonchev–Trinajstić information content (AvgIpc) is 3.03. The lowest BCUT2D eigenvalue weighted by Gasteiger charge is -2.17. The summed E-state index contributed by atoms with van der Waals surface area (Å²) in [4.78, 5) is 26.8. The number of benzene rings is 2. The summed E-state index contributed by atoms with van der Waals surface area (Å²) < 4.78 is 0. The van der Waals surface area contributed by atoms with E-state index in [1.807, 2.05) is 42.5 Å². The number of carboxylic acid groups (broad SMARTS) is 1. The van der Waals surface area contributed by atoms with Crippen LogP contribution in [0.25, 0.3) is 10.9 Å². The molecule has 2 aromatic carbocycles. The van der Waals surface area contributed by atoms with Crippen LogP contribution in [0.3, 0.4) is 0 Å². The summed E-state index contributed by atoms with van der Waals surface area (Å²) in [6.45, 7) is 0. The predicted octanol–water partition coefficient (Wildman–Crippen LogP) is 3.11. The van der Waals surface area contributed by atoms with Crippen LogP contribution in [0.2, 0.25) is 0 Å². The lowest BCUT2D eigenvalue weighted by atomic mass is 10.0. The SMILES string of the molecule is O=C(O)CC(NC(=O)c1cccc2cc[nH]c12)c1ccccc1. The summed E-state index contributed by atoms with van der Waals surface area (Å²) >= 11 is 0. The minimum absolute atomic E-state index is 0.170. The van der Waals surface area contributed by atoms with Gasteiger partial charge in [0.05, 0.1) is 23.5 Å². The minimum Gasteiger partial charge on any atom is -0.481 e. The highest BCUT2D eigenvalue weighted by molar-refractivity contribution is 6.05. The molecule has 0 spiro atoms. The lowest BCUT2D eigenvalue weighted by Crippen LogP contribution is -2.30. The van der Waals surface area contributed by atoms with E-state index in [1.165, 1.54) is 0 Å². The Morgan fingerprint density at radius 2 is 1.83 bits per heavy atom. The normalized spacial score (nSPS) is 12.0. The van der Waals surface area contributed by atoms with Crippen LogP contribution in [0.5, 0.6) is 0 Å². The van der Waals surface area contributed by atoms with Gasteiger partial charge in [0.1, 0.15) is 0 Å². The smallest absolute Gasteiger partial charge is 0.305 e. The number of amides is 1. The molecule has 116 valence electrons. The second-order valence-corrected chi connectivity index (χ2v) is 5.28. The minimum atomic E-state index is -0.961. The molecule has 3 N–H and O–H groups in total. The van der Waals surface area contributed by atoms with E-state index in [9.17, 15) is 9.59 Å². The van der Waals surface area contributed by atoms with Crippen molar-refractivity contribution < 1.29 is 14.7 Å². The number of carbonyl (C=O) groups is 2. The first kappa shape index (κ1) is 14.8. The monoisotopic (exact) mass is 308 g/mol. The topological polar surface area (TPSA) is 82.2 Å². The van der Waals surface area contributed by atoms with Crippen molar-refractivity contribution in [2.45, 2.75) is 12.5 Å². The molecular formula is C18H16N2O3. The molecule has 1 atom stereocenters. The highest BCUT2D eigenvalue weighted by Crippen LogP contribution is 2.20. The molecule has 0 aliphatic heterocycles. The van der Waals surface area contributed by atoms with Gasteiger partial charge in [0, 0.05) is 11.6 Å². The highest BCUT2D eigenvalue weighted by atomic mass is 16.4. The average molecular weight is 308 g/mol. The van der Waals surface area contributed by atoms with Gasteiger partial charge >= 0.3 is 5.97 Å². The Morgan fingerprint density at radius 1 is 1.04 bits per heavy atom. The zero-order valence-electron chi connectivity index (χ0n) is 12.3. The van der Waals surface area contributed by atoms with Gasteiger partial charge in [-0.3, -0.25) is 9.59 Å². The van der Waals surface area contributed by atoms with E-state index in [1.54, 1.807) is 18.3 Å². The molecule has 0 saturated carbocycles. The number of hydrogen-bond donors (Lipinski definition) is 3. The van der Waals surface area contributed by atoms with Gasteiger partial charge in [0.2, 0.25) is 0 Å². The van der Waals surface area contributed by atoms with Crippen LogP contribution in [0.1, 0.15) is 28.4 Å². The predicted molar refractivity (Wildman–Crippen MR) is 87.2 cm³/mol. The number of hydrogen-bond acceptors (Lipinski definition) is 2. The molecule has 3 aromatic rings. The van der Waals surface area contributed by atoms with Gasteiger partial charge in [-0.2, -0.15) is 0 Å². The largest absolute Gasteiger partial charge is 0.481 e. The highest BCUT2D eigenvalue weighted by Gasteiger charge is 2.20. The van der Waals surface area contributed by atoms with Crippen LogP contribution < -0.4 is 5.32 Å². The number of fused-ring (bicyclic) bond motifs is 1. The van der Waals surface area contributed by atoms with Crippen LogP contribution in [0, 0.1) is 0 Å². The van der Waals surface area contributed by atoms with Crippen LogP contribution in [-0.4, -0.2) is 22.0 Å². The Morgan fingerprint density at radius 3 is 2.57 bits per heavy atom. The molecule has 23 heavy (non-hydrogen) atoms. The number of carbonyl (C=O) groups excluding carboxylic acids is 1. The number of rotatable bonds is 5. The summed E-state index contributed by atoms with van der Waals surface area (Å²) in [5.41, 5.74) is 2.01. The maximum atomic E-state index is 12.6. The Balaban J connectivity index is 1.89. The number of H-pyrrole nitrogens is 1. The van der Waals surface area contributed by atoms with E-state index in [0.717, 1.165) is 16.5 Å². The van der Waals surface area contributed by atoms with Gasteiger partial charge in [-0.05, 0) is 17.7 Å². The van der Waals surface area contributed by atoms with E-state index < -0.39 is 12.0 Å². The third kappa shape index (κ3) is 3.23. The zero-order valence-corrected chi connectivity index (χ0v) is 12.3. The molecule has 1 aromatic heterocycles. The fourth-order valence-electron chi connectivity index (χ4n) is 2.62. The molecule has 1 unspecified atom stereocenters. The quantitative estimate of drug-likeness (QED) is 0.677. The molecule has 1 amide bonds. The molecule has 5 heteroatoms. The van der Waals surface area contributed by atoms with Gasteiger partial charge in [0.25, 0.3) is 5.91 Å². The van der Waals surface area contributed by atoms with Crippen molar-refractivity contribution >= 4 is 22.8 Å². The van der Waals surface area contributed by atoms with E-state index >= 15 is 0 Å². The van der Waals surface area contributed by atoms with Crippen molar-refractivity contribution in [3.05, 3.63) is 71.9 Å². The van der Waals surface area contributed by atoms with E-state index in [2.05, 4.69) is 10.3 Å². The van der Waals surface area contributed by atoms with E-state index in [4.69, 9.17) is 5.11 Å². The first-order valence-electron chi connectivity index (χ1n) is 7.29. The second-order valence-electron chi connectivity index (χ2n) is 5.28. The molecule has 1 heterocycles. The maximum Gasteiger partial charge on any atom is 0.305 e. The van der Waals surface area contributed by atoms with Gasteiger partial charge in [-0.25, -0.2) is 0 Å². The number of aromatic nitrogens is 1. The second kappa shape index (κ2) is 6.36. The molecule has 0 fully saturated rings. The van der Waals surface area contributed by atoms with Gasteiger partial charge < -0.3 is 15.4 Å². The van der Waals surface area contributed by atoms with E-state index in [-0.39, 0.29) is 12.3 Å². The number of aromatic amines is 1. The van der Waals surface area contributed by atoms with Crippen molar-refractivity contribution in [2.24, 2.45) is 0 Å². The molecular weight excluding hydrogens is 292 g/mol. The van der Waals surface area contributed by atoms with Crippen molar-refractivity contribution in [3.63, 3.8) is 0 Å². The fraction of sp³-hybridized carbons (Fsp3) is 0.111. The number of para-hydroxylation sites is 1. The first-order valence-corrected chi connectivity index (χ1v) is 7.29. The van der Waals surface area contributed by atoms with Crippen molar-refractivity contribution in [3.8, 4) is 0 Å². The summed E-state index contributed by atoms with van der Waals surface area (Å²) in [6.07, 6.45) is 1.60. The molecule has 0 saturated heterocycles. The molecule has 0 radical (unpaired) electrons. The molecule has 0 bridgehead atoms. The third-order valence-corrected chi connectivity index (χ3v) is 3.72. The Kier molecular flexibility index (Phi) is 4.10. The summed E-state index contributed by atoms with van der Waals surface area (Å²) in [5.74, 6) is -1.26. The Hall–Kier alpha value is -3.08. The number of aliphatic carboxylic acids is 1. The molecule has 0 aliphatic rings. The Labute approximate surface area is 133 Å². The molecule has 0 aliphatic carbocycles. The third-order valence-electron chi connectivity index (χ3n) is 3.72. The maximum absolute atomic E-state index is 12.6. The van der Waals surface area contributed by atoms with Gasteiger partial charge in [0.15, 0.2) is 0 Å². The Bertz CT molecular complexity index is 840. The summed E-state index contributed by atoms with van der Waals surface area (Å²) in [5, 5.41) is 12.9. The van der Waals surface area contributed by atoms with Crippen LogP contribution in [0.15, 0.2) is 60.8 Å². The number of carboxylic acids is 1. The lowest BCUT2D eigenvalue weighted by molar-refractivity contribution is -0.137. The van der Waals surface area contributed by atoms with Crippen molar-refractivity contribution in [1.29, 1.82) is 0 Å². The van der Waals surface area contributed by atoms with Gasteiger partial charge in [-0.15, -0.1) is 0 Å². The summed E-state index contributed by atoms with van der Waals surface area (Å²) in [7, 11) is 0. The van der Waals surface area contributed by atoms with Crippen LogP contribution in [-0.2, 0) is 4.79 Å². The van der Waals surface area contributed by atoms with Crippen molar-refractivity contribution in [1.82, 2.24) is 10.3 Å². The molecule has 3 rings (SSSR count). The van der Waals surface area contributed by atoms with Crippen LogP contribution >= 0.6 is 0 Å².